The average molecular weight is 293 g/mol. The molecular formula is C15H17ClN2O2. The van der Waals surface area contributed by atoms with E-state index >= 15 is 0 Å². The van der Waals surface area contributed by atoms with E-state index in [0.717, 1.165) is 16.9 Å². The molecule has 0 spiro atoms. The Morgan fingerprint density at radius 1 is 1.05 bits per heavy atom. The molecule has 0 fully saturated rings. The summed E-state index contributed by atoms with van der Waals surface area (Å²) in [5, 5.41) is 0.567. The molecule has 0 heterocycles. The molecule has 2 aromatic carbocycles. The van der Waals surface area contributed by atoms with Crippen molar-refractivity contribution in [2.45, 2.75) is 6.04 Å². The van der Waals surface area contributed by atoms with Gasteiger partial charge in [0.15, 0.2) is 0 Å². The Morgan fingerprint density at radius 3 is 2.45 bits per heavy atom. The quantitative estimate of drug-likeness (QED) is 0.657. The molecule has 0 aromatic heterocycles. The molecule has 2 rings (SSSR count). The number of halogens is 1. The zero-order chi connectivity index (χ0) is 14.5. The van der Waals surface area contributed by atoms with Crippen molar-refractivity contribution in [1.29, 1.82) is 0 Å². The van der Waals surface area contributed by atoms with Gasteiger partial charge in [-0.05, 0) is 35.4 Å². The highest BCUT2D eigenvalue weighted by Crippen LogP contribution is 2.31. The Kier molecular flexibility index (Phi) is 4.84. The first-order valence-electron chi connectivity index (χ1n) is 6.13. The van der Waals surface area contributed by atoms with Crippen molar-refractivity contribution >= 4 is 11.6 Å². The molecule has 1 unspecified atom stereocenters. The number of nitrogens with one attached hydrogen (secondary N) is 1. The summed E-state index contributed by atoms with van der Waals surface area (Å²) in [6.45, 7) is 0. The van der Waals surface area contributed by atoms with E-state index in [1.54, 1.807) is 20.3 Å². The molecular weight excluding hydrogens is 276 g/mol. The Morgan fingerprint density at radius 2 is 1.80 bits per heavy atom. The molecule has 106 valence electrons. The van der Waals surface area contributed by atoms with Gasteiger partial charge in [0, 0.05) is 0 Å². The summed E-state index contributed by atoms with van der Waals surface area (Å²) >= 11 is 6.04. The van der Waals surface area contributed by atoms with Crippen LogP contribution < -0.4 is 20.7 Å². The SMILES string of the molecule is COc1cccc(C(NN)c2ccc(Cl)c(OC)c2)c1. The number of rotatable bonds is 5. The van der Waals surface area contributed by atoms with Crippen LogP contribution in [0.25, 0.3) is 0 Å². The number of hydrazine groups is 1. The van der Waals surface area contributed by atoms with E-state index in [1.165, 1.54) is 0 Å². The van der Waals surface area contributed by atoms with E-state index in [1.807, 2.05) is 36.4 Å². The number of nitrogens with two attached hydrogens (primary N) is 1. The van der Waals surface area contributed by atoms with Crippen LogP contribution in [0.15, 0.2) is 42.5 Å². The minimum atomic E-state index is -0.170. The largest absolute Gasteiger partial charge is 0.497 e. The topological polar surface area (TPSA) is 56.5 Å². The van der Waals surface area contributed by atoms with Crippen LogP contribution in [0.3, 0.4) is 0 Å². The van der Waals surface area contributed by atoms with Gasteiger partial charge in [-0.15, -0.1) is 0 Å². The lowest BCUT2D eigenvalue weighted by Gasteiger charge is -2.18. The Hall–Kier alpha value is -1.75. The normalized spacial score (nSPS) is 12.0. The van der Waals surface area contributed by atoms with Crippen LogP contribution >= 0.6 is 11.6 Å². The molecule has 0 radical (unpaired) electrons. The van der Waals surface area contributed by atoms with E-state index in [9.17, 15) is 0 Å². The number of benzene rings is 2. The maximum atomic E-state index is 6.04. The standard InChI is InChI=1S/C15H17ClN2O2/c1-19-12-5-3-4-10(8-12)15(18-17)11-6-7-13(16)14(9-11)20-2/h3-9,15,18H,17H2,1-2H3. The second-order valence-corrected chi connectivity index (χ2v) is 4.68. The summed E-state index contributed by atoms with van der Waals surface area (Å²) in [5.74, 6) is 7.09. The van der Waals surface area contributed by atoms with Gasteiger partial charge in [-0.3, -0.25) is 5.84 Å². The van der Waals surface area contributed by atoms with Crippen molar-refractivity contribution in [2.24, 2.45) is 5.84 Å². The third-order valence-corrected chi connectivity index (χ3v) is 3.41. The minimum absolute atomic E-state index is 0.170. The fourth-order valence-electron chi connectivity index (χ4n) is 2.06. The van der Waals surface area contributed by atoms with Crippen molar-refractivity contribution < 1.29 is 9.47 Å². The van der Waals surface area contributed by atoms with E-state index in [4.69, 9.17) is 26.9 Å². The van der Waals surface area contributed by atoms with Gasteiger partial charge in [0.25, 0.3) is 0 Å². The maximum Gasteiger partial charge on any atom is 0.137 e. The molecule has 0 bridgehead atoms. The molecule has 0 saturated carbocycles. The van der Waals surface area contributed by atoms with Crippen LogP contribution in [0.2, 0.25) is 5.02 Å². The van der Waals surface area contributed by atoms with Gasteiger partial charge in [-0.25, -0.2) is 5.43 Å². The summed E-state index contributed by atoms with van der Waals surface area (Å²) in [7, 11) is 3.22. The third-order valence-electron chi connectivity index (χ3n) is 3.10. The third kappa shape index (κ3) is 3.04. The summed E-state index contributed by atoms with van der Waals surface area (Å²) in [6, 6.07) is 13.1. The molecule has 0 aliphatic carbocycles. The smallest absolute Gasteiger partial charge is 0.137 e. The molecule has 20 heavy (non-hydrogen) atoms. The molecule has 5 heteroatoms. The van der Waals surface area contributed by atoms with Crippen LogP contribution in [0.4, 0.5) is 0 Å². The van der Waals surface area contributed by atoms with Crippen molar-refractivity contribution in [1.82, 2.24) is 5.43 Å². The number of ether oxygens (including phenoxy) is 2. The molecule has 0 aliphatic rings. The van der Waals surface area contributed by atoms with E-state index in [-0.39, 0.29) is 6.04 Å². The zero-order valence-electron chi connectivity index (χ0n) is 11.4. The average Bonchev–Trinajstić information content (AvgIpc) is 2.50. The molecule has 0 amide bonds. The monoisotopic (exact) mass is 292 g/mol. The highest BCUT2D eigenvalue weighted by Gasteiger charge is 2.15. The number of hydrogen-bond acceptors (Lipinski definition) is 4. The van der Waals surface area contributed by atoms with Crippen LogP contribution in [0, 0.1) is 0 Å². The van der Waals surface area contributed by atoms with Gasteiger partial charge in [0.05, 0.1) is 25.3 Å². The van der Waals surface area contributed by atoms with Gasteiger partial charge < -0.3 is 9.47 Å². The number of methoxy groups -OCH3 is 2. The van der Waals surface area contributed by atoms with Crippen LogP contribution in [0.1, 0.15) is 17.2 Å². The van der Waals surface area contributed by atoms with E-state index < -0.39 is 0 Å². The molecule has 2 aromatic rings. The van der Waals surface area contributed by atoms with Gasteiger partial charge in [-0.1, -0.05) is 29.8 Å². The van der Waals surface area contributed by atoms with Gasteiger partial charge in [0.2, 0.25) is 0 Å². The van der Waals surface area contributed by atoms with Crippen molar-refractivity contribution in [3.63, 3.8) is 0 Å². The summed E-state index contributed by atoms with van der Waals surface area (Å²) in [4.78, 5) is 0. The lowest BCUT2D eigenvalue weighted by atomic mass is 9.99. The lowest BCUT2D eigenvalue weighted by Crippen LogP contribution is -2.28. The van der Waals surface area contributed by atoms with Crippen LogP contribution in [-0.4, -0.2) is 14.2 Å². The molecule has 0 aliphatic heterocycles. The first kappa shape index (κ1) is 14.7. The maximum absolute atomic E-state index is 6.04. The molecule has 4 nitrogen and oxygen atoms in total. The van der Waals surface area contributed by atoms with Crippen molar-refractivity contribution in [2.75, 3.05) is 14.2 Å². The first-order valence-corrected chi connectivity index (χ1v) is 6.51. The predicted molar refractivity (Wildman–Crippen MR) is 80.2 cm³/mol. The lowest BCUT2D eigenvalue weighted by molar-refractivity contribution is 0.412. The minimum Gasteiger partial charge on any atom is -0.497 e. The van der Waals surface area contributed by atoms with E-state index in [0.29, 0.717) is 10.8 Å². The fourth-order valence-corrected chi connectivity index (χ4v) is 2.26. The van der Waals surface area contributed by atoms with Crippen molar-refractivity contribution in [3.05, 3.63) is 58.6 Å². The zero-order valence-corrected chi connectivity index (χ0v) is 12.1. The van der Waals surface area contributed by atoms with Gasteiger partial charge >= 0.3 is 0 Å². The Balaban J connectivity index is 2.41. The summed E-state index contributed by atoms with van der Waals surface area (Å²) < 4.78 is 10.5. The summed E-state index contributed by atoms with van der Waals surface area (Å²) in [6.07, 6.45) is 0. The van der Waals surface area contributed by atoms with Gasteiger partial charge in [-0.2, -0.15) is 0 Å². The Labute approximate surface area is 123 Å². The van der Waals surface area contributed by atoms with Crippen LogP contribution in [0.5, 0.6) is 11.5 Å². The van der Waals surface area contributed by atoms with Crippen LogP contribution in [-0.2, 0) is 0 Å². The van der Waals surface area contributed by atoms with Gasteiger partial charge in [0.1, 0.15) is 11.5 Å². The highest BCUT2D eigenvalue weighted by atomic mass is 35.5. The first-order chi connectivity index (χ1) is 9.69. The molecule has 1 atom stereocenters. The van der Waals surface area contributed by atoms with E-state index in [2.05, 4.69) is 5.43 Å². The number of hydrogen-bond donors (Lipinski definition) is 2. The highest BCUT2D eigenvalue weighted by molar-refractivity contribution is 6.32. The Bertz CT molecular complexity index is 590. The second-order valence-electron chi connectivity index (χ2n) is 4.27. The predicted octanol–water partition coefficient (Wildman–Crippen LogP) is 2.91. The van der Waals surface area contributed by atoms with Crippen molar-refractivity contribution in [3.8, 4) is 11.5 Å². The molecule has 3 N–H and O–H groups in total. The summed E-state index contributed by atoms with van der Waals surface area (Å²) in [5.41, 5.74) is 4.76. The fraction of sp³-hybridized carbons (Fsp3) is 0.200. The second kappa shape index (κ2) is 6.61. The molecule has 0 saturated heterocycles.